The monoisotopic (exact) mass is 318 g/mol. The van der Waals surface area contributed by atoms with E-state index in [0.717, 1.165) is 32.1 Å². The van der Waals surface area contributed by atoms with E-state index in [-0.39, 0.29) is 6.54 Å². The van der Waals surface area contributed by atoms with Crippen LogP contribution in [-0.2, 0) is 15.0 Å². The molecule has 2 fully saturated rings. The average molecular weight is 318 g/mol. The van der Waals surface area contributed by atoms with Gasteiger partial charge in [-0.1, -0.05) is 26.2 Å². The number of hydrogen-bond acceptors (Lipinski definition) is 3. The third kappa shape index (κ3) is 3.96. The van der Waals surface area contributed by atoms with E-state index >= 15 is 0 Å². The molecule has 21 heavy (non-hydrogen) atoms. The molecule has 6 nitrogen and oxygen atoms in total. The predicted molar refractivity (Wildman–Crippen MR) is 80.0 cm³/mol. The number of nitrogens with zero attached hydrogens (tertiary/aromatic N) is 1. The van der Waals surface area contributed by atoms with Crippen molar-refractivity contribution in [3.05, 3.63) is 0 Å². The zero-order valence-corrected chi connectivity index (χ0v) is 13.5. The normalized spacial score (nSPS) is 27.4. The number of carboxylic acids is 1. The van der Waals surface area contributed by atoms with Crippen molar-refractivity contribution in [2.45, 2.75) is 51.9 Å². The van der Waals surface area contributed by atoms with Crippen LogP contribution in [0.25, 0.3) is 0 Å². The molecule has 1 saturated heterocycles. The Kier molecular flexibility index (Phi) is 5.27. The second kappa shape index (κ2) is 6.62. The summed E-state index contributed by atoms with van der Waals surface area (Å²) in [5.74, 6) is -0.518. The van der Waals surface area contributed by atoms with Gasteiger partial charge in [0.2, 0.25) is 0 Å². The van der Waals surface area contributed by atoms with Crippen LogP contribution in [0.5, 0.6) is 0 Å². The van der Waals surface area contributed by atoms with E-state index in [9.17, 15) is 18.3 Å². The Labute approximate surface area is 127 Å². The maximum atomic E-state index is 12.4. The molecule has 1 atom stereocenters. The van der Waals surface area contributed by atoms with Crippen molar-refractivity contribution in [1.29, 1.82) is 0 Å². The van der Waals surface area contributed by atoms with Crippen LogP contribution in [0, 0.1) is 11.3 Å². The standard InChI is InChI=1S/C14H26N2O4S/c1-12-6-5-9-16(10-12)21(19,20)15-11-14(13(17)18)7-3-2-4-8-14/h12,15H,2-11H2,1H3,(H,17,18). The van der Waals surface area contributed by atoms with Crippen LogP contribution in [0.1, 0.15) is 51.9 Å². The van der Waals surface area contributed by atoms with Crippen LogP contribution in [0.4, 0.5) is 0 Å². The van der Waals surface area contributed by atoms with Crippen LogP contribution in [0.3, 0.4) is 0 Å². The van der Waals surface area contributed by atoms with E-state index in [1.165, 1.54) is 4.31 Å². The van der Waals surface area contributed by atoms with E-state index in [2.05, 4.69) is 4.72 Å². The van der Waals surface area contributed by atoms with Crippen LogP contribution >= 0.6 is 0 Å². The molecule has 0 amide bonds. The minimum absolute atomic E-state index is 0.00947. The molecular weight excluding hydrogens is 292 g/mol. The Hall–Kier alpha value is -0.660. The number of carbonyl (C=O) groups is 1. The van der Waals surface area contributed by atoms with Gasteiger partial charge in [0.1, 0.15) is 0 Å². The fourth-order valence-electron chi connectivity index (χ4n) is 3.38. The SMILES string of the molecule is CC1CCCN(S(=O)(=O)NCC2(C(=O)O)CCCCC2)C1. The minimum atomic E-state index is -3.57. The largest absolute Gasteiger partial charge is 0.481 e. The highest BCUT2D eigenvalue weighted by Crippen LogP contribution is 2.36. The van der Waals surface area contributed by atoms with Crippen molar-refractivity contribution in [2.24, 2.45) is 11.3 Å². The van der Waals surface area contributed by atoms with Gasteiger partial charge < -0.3 is 5.11 Å². The Morgan fingerprint density at radius 1 is 1.29 bits per heavy atom. The molecule has 1 heterocycles. The Bertz CT molecular complexity index is 471. The highest BCUT2D eigenvalue weighted by atomic mass is 32.2. The van der Waals surface area contributed by atoms with Gasteiger partial charge in [-0.2, -0.15) is 12.7 Å². The summed E-state index contributed by atoms with van der Waals surface area (Å²) in [6, 6.07) is 0. The number of hydrogen-bond donors (Lipinski definition) is 2. The van der Waals surface area contributed by atoms with Crippen LogP contribution in [-0.4, -0.2) is 43.4 Å². The number of carboxylic acid groups (broad SMARTS) is 1. The second-order valence-electron chi connectivity index (χ2n) is 6.58. The molecule has 1 aliphatic carbocycles. The number of piperidine rings is 1. The van der Waals surface area contributed by atoms with Gasteiger partial charge in [-0.3, -0.25) is 4.79 Å². The van der Waals surface area contributed by atoms with Crippen molar-refractivity contribution in [3.63, 3.8) is 0 Å². The maximum absolute atomic E-state index is 12.4. The van der Waals surface area contributed by atoms with Crippen LogP contribution in [0.15, 0.2) is 0 Å². The first kappa shape index (κ1) is 16.7. The lowest BCUT2D eigenvalue weighted by molar-refractivity contribution is -0.150. The van der Waals surface area contributed by atoms with Gasteiger partial charge in [-0.15, -0.1) is 0 Å². The Morgan fingerprint density at radius 3 is 2.52 bits per heavy atom. The fraction of sp³-hybridized carbons (Fsp3) is 0.929. The summed E-state index contributed by atoms with van der Waals surface area (Å²) < 4.78 is 28.7. The summed E-state index contributed by atoms with van der Waals surface area (Å²) >= 11 is 0. The van der Waals surface area contributed by atoms with Crippen molar-refractivity contribution in [1.82, 2.24) is 9.03 Å². The summed E-state index contributed by atoms with van der Waals surface area (Å²) in [6.45, 7) is 3.10. The quantitative estimate of drug-likeness (QED) is 0.806. The smallest absolute Gasteiger partial charge is 0.310 e. The molecule has 2 aliphatic rings. The second-order valence-corrected chi connectivity index (χ2v) is 8.33. The van der Waals surface area contributed by atoms with Crippen molar-refractivity contribution in [3.8, 4) is 0 Å². The van der Waals surface area contributed by atoms with Gasteiger partial charge in [0.05, 0.1) is 5.41 Å². The first-order chi connectivity index (χ1) is 9.86. The highest BCUT2D eigenvalue weighted by molar-refractivity contribution is 7.87. The molecule has 7 heteroatoms. The Morgan fingerprint density at radius 2 is 1.95 bits per heavy atom. The lowest BCUT2D eigenvalue weighted by Crippen LogP contribution is -2.50. The minimum Gasteiger partial charge on any atom is -0.481 e. The van der Waals surface area contributed by atoms with Crippen molar-refractivity contribution in [2.75, 3.05) is 19.6 Å². The van der Waals surface area contributed by atoms with Crippen LogP contribution < -0.4 is 4.72 Å². The summed E-state index contributed by atoms with van der Waals surface area (Å²) in [5, 5.41) is 9.49. The van der Waals surface area contributed by atoms with Crippen molar-refractivity contribution < 1.29 is 18.3 Å². The molecule has 2 N–H and O–H groups in total. The molecule has 2 rings (SSSR count). The summed E-state index contributed by atoms with van der Waals surface area (Å²) in [7, 11) is -3.57. The molecule has 1 aliphatic heterocycles. The highest BCUT2D eigenvalue weighted by Gasteiger charge is 2.41. The van der Waals surface area contributed by atoms with Gasteiger partial charge in [-0.25, -0.2) is 4.72 Å². The molecule has 0 spiro atoms. The lowest BCUT2D eigenvalue weighted by Gasteiger charge is -2.35. The van der Waals surface area contributed by atoms with Gasteiger partial charge in [0, 0.05) is 19.6 Å². The molecular formula is C14H26N2O4S. The van der Waals surface area contributed by atoms with E-state index in [4.69, 9.17) is 0 Å². The molecule has 0 aromatic carbocycles. The fourth-order valence-corrected chi connectivity index (χ4v) is 4.84. The van der Waals surface area contributed by atoms with Gasteiger partial charge in [0.15, 0.2) is 0 Å². The maximum Gasteiger partial charge on any atom is 0.310 e. The third-order valence-corrected chi connectivity index (χ3v) is 6.34. The van der Waals surface area contributed by atoms with E-state index in [1.54, 1.807) is 0 Å². The van der Waals surface area contributed by atoms with Gasteiger partial charge in [0.25, 0.3) is 10.2 Å². The first-order valence-electron chi connectivity index (χ1n) is 7.84. The van der Waals surface area contributed by atoms with E-state index in [0.29, 0.717) is 31.8 Å². The third-order valence-electron chi connectivity index (χ3n) is 4.82. The zero-order chi connectivity index (χ0) is 15.5. The molecule has 0 aromatic rings. The van der Waals surface area contributed by atoms with Gasteiger partial charge in [-0.05, 0) is 31.6 Å². The van der Waals surface area contributed by atoms with Crippen molar-refractivity contribution >= 4 is 16.2 Å². The average Bonchev–Trinajstić information content (AvgIpc) is 2.46. The van der Waals surface area contributed by atoms with E-state index < -0.39 is 21.6 Å². The van der Waals surface area contributed by atoms with Gasteiger partial charge >= 0.3 is 5.97 Å². The number of aliphatic carboxylic acids is 1. The molecule has 1 saturated carbocycles. The Balaban J connectivity index is 2.00. The summed E-state index contributed by atoms with van der Waals surface area (Å²) in [5.41, 5.74) is -0.924. The zero-order valence-electron chi connectivity index (χ0n) is 12.7. The lowest BCUT2D eigenvalue weighted by atomic mass is 9.74. The topological polar surface area (TPSA) is 86.7 Å². The molecule has 1 unspecified atom stereocenters. The predicted octanol–water partition coefficient (Wildman–Crippen LogP) is 1.59. The molecule has 0 aromatic heterocycles. The number of nitrogens with one attached hydrogen (secondary N) is 1. The number of rotatable bonds is 5. The molecule has 0 radical (unpaired) electrons. The van der Waals surface area contributed by atoms with E-state index in [1.807, 2.05) is 6.92 Å². The summed E-state index contributed by atoms with van der Waals surface area (Å²) in [4.78, 5) is 11.6. The van der Waals surface area contributed by atoms with Crippen LogP contribution in [0.2, 0.25) is 0 Å². The first-order valence-corrected chi connectivity index (χ1v) is 9.28. The summed E-state index contributed by atoms with van der Waals surface area (Å²) in [6.07, 6.45) is 5.77. The molecule has 122 valence electrons. The molecule has 0 bridgehead atoms.